The summed E-state index contributed by atoms with van der Waals surface area (Å²) >= 11 is 0. The molecule has 35 heavy (non-hydrogen) atoms. The van der Waals surface area contributed by atoms with Crippen LogP contribution in [0, 0.1) is 5.92 Å². The van der Waals surface area contributed by atoms with Gasteiger partial charge in [0.05, 0.1) is 0 Å². The van der Waals surface area contributed by atoms with Gasteiger partial charge in [0.25, 0.3) is 5.91 Å². The molecule has 2 aliphatic heterocycles. The number of nitrogens with zero attached hydrogens (tertiary/aromatic N) is 3. The summed E-state index contributed by atoms with van der Waals surface area (Å²) in [5.74, 6) is 0.176. The number of benzene rings is 1. The lowest BCUT2D eigenvalue weighted by Gasteiger charge is -2.20. The number of carboxylic acids is 1. The van der Waals surface area contributed by atoms with E-state index in [1.807, 2.05) is 0 Å². The van der Waals surface area contributed by atoms with Crippen molar-refractivity contribution in [2.24, 2.45) is 5.92 Å². The minimum atomic E-state index is -1.02. The fraction of sp³-hybridized carbons (Fsp3) is 0.462. The van der Waals surface area contributed by atoms with Gasteiger partial charge >= 0.3 is 5.97 Å². The first-order valence-corrected chi connectivity index (χ1v) is 12.4. The van der Waals surface area contributed by atoms with E-state index in [2.05, 4.69) is 32.7 Å². The molecule has 0 radical (unpaired) electrons. The van der Waals surface area contributed by atoms with Gasteiger partial charge in [0, 0.05) is 30.9 Å². The van der Waals surface area contributed by atoms with E-state index in [-0.39, 0.29) is 0 Å². The van der Waals surface area contributed by atoms with Crippen molar-refractivity contribution < 1.29 is 19.1 Å². The van der Waals surface area contributed by atoms with E-state index in [0.717, 1.165) is 63.3 Å². The van der Waals surface area contributed by atoms with Gasteiger partial charge in [-0.1, -0.05) is 6.07 Å². The number of anilines is 1. The first kappa shape index (κ1) is 23.3. The van der Waals surface area contributed by atoms with Crippen LogP contribution in [-0.4, -0.2) is 64.1 Å². The van der Waals surface area contributed by atoms with Gasteiger partial charge in [0.1, 0.15) is 17.4 Å². The Labute approximate surface area is 203 Å². The van der Waals surface area contributed by atoms with Crippen LogP contribution in [-0.2, 0) is 17.6 Å². The SMILES string of the molecule is O=C(N[C@H](CCN1CC[C@H](CCc2ccc3c(n2)NCCC3)C1)C(=O)O)c1ccc2ocnc2c1. The molecule has 0 aliphatic carbocycles. The smallest absolute Gasteiger partial charge is 0.326 e. The molecule has 3 N–H and O–H groups in total. The van der Waals surface area contributed by atoms with Crippen molar-refractivity contribution in [3.63, 3.8) is 0 Å². The van der Waals surface area contributed by atoms with E-state index in [9.17, 15) is 14.7 Å². The highest BCUT2D eigenvalue weighted by Gasteiger charge is 2.26. The number of oxazole rings is 1. The minimum Gasteiger partial charge on any atom is -0.480 e. The van der Waals surface area contributed by atoms with E-state index in [0.29, 0.717) is 35.5 Å². The molecule has 184 valence electrons. The van der Waals surface area contributed by atoms with Crippen LogP contribution in [0.15, 0.2) is 41.1 Å². The zero-order valence-electron chi connectivity index (χ0n) is 19.7. The highest BCUT2D eigenvalue weighted by molar-refractivity contribution is 5.98. The van der Waals surface area contributed by atoms with Crippen molar-refractivity contribution in [3.05, 3.63) is 53.5 Å². The summed E-state index contributed by atoms with van der Waals surface area (Å²) in [5, 5.41) is 15.7. The molecule has 5 rings (SSSR count). The molecule has 9 nitrogen and oxygen atoms in total. The van der Waals surface area contributed by atoms with Crippen LogP contribution in [0.2, 0.25) is 0 Å². The molecule has 1 amide bonds. The van der Waals surface area contributed by atoms with Gasteiger partial charge in [-0.15, -0.1) is 0 Å². The molecule has 4 heterocycles. The average molecular weight is 478 g/mol. The number of likely N-dealkylation sites (tertiary alicyclic amines) is 1. The average Bonchev–Trinajstić information content (AvgIpc) is 3.53. The van der Waals surface area contributed by atoms with E-state index >= 15 is 0 Å². The Hall–Kier alpha value is -3.46. The molecule has 0 saturated carbocycles. The van der Waals surface area contributed by atoms with Gasteiger partial charge in [0.15, 0.2) is 12.0 Å². The van der Waals surface area contributed by atoms with Crippen molar-refractivity contribution in [2.75, 3.05) is 31.5 Å². The van der Waals surface area contributed by atoms with E-state index in [4.69, 9.17) is 9.40 Å². The molecule has 0 spiro atoms. The molecule has 0 unspecified atom stereocenters. The number of nitrogens with one attached hydrogen (secondary N) is 2. The summed E-state index contributed by atoms with van der Waals surface area (Å²) in [6.45, 7) is 3.53. The molecule has 1 aromatic carbocycles. The van der Waals surface area contributed by atoms with Crippen LogP contribution in [0.5, 0.6) is 0 Å². The molecule has 0 bridgehead atoms. The number of carbonyl (C=O) groups excluding carboxylic acids is 1. The fourth-order valence-corrected chi connectivity index (χ4v) is 5.02. The number of fused-ring (bicyclic) bond motifs is 2. The topological polar surface area (TPSA) is 121 Å². The maximum Gasteiger partial charge on any atom is 0.326 e. The lowest BCUT2D eigenvalue weighted by atomic mass is 10.00. The lowest BCUT2D eigenvalue weighted by molar-refractivity contribution is -0.139. The highest BCUT2D eigenvalue weighted by Crippen LogP contribution is 2.24. The Balaban J connectivity index is 1.09. The first-order chi connectivity index (χ1) is 17.0. The van der Waals surface area contributed by atoms with Gasteiger partial charge in [-0.2, -0.15) is 0 Å². The third-order valence-corrected chi connectivity index (χ3v) is 7.06. The number of carboxylic acid groups (broad SMARTS) is 1. The van der Waals surface area contributed by atoms with Crippen molar-refractivity contribution in [3.8, 4) is 0 Å². The van der Waals surface area contributed by atoms with Gasteiger partial charge in [-0.3, -0.25) is 4.79 Å². The number of hydrogen-bond donors (Lipinski definition) is 3. The standard InChI is InChI=1S/C26H31N5O4/c32-25(19-5-8-23-22(14-19)28-16-35-23)30-21(26(33)34)10-13-31-12-9-17(15-31)3-6-20-7-4-18-2-1-11-27-24(18)29-20/h4-5,7-8,14,16-17,21H,1-3,6,9-13,15H2,(H,27,29)(H,30,32)(H,33,34)/t17-,21+/m0/s1. The third-order valence-electron chi connectivity index (χ3n) is 7.06. The Kier molecular flexibility index (Phi) is 6.94. The molecular formula is C26H31N5O4. The summed E-state index contributed by atoms with van der Waals surface area (Å²) in [6, 6.07) is 8.29. The fourth-order valence-electron chi connectivity index (χ4n) is 5.02. The highest BCUT2D eigenvalue weighted by atomic mass is 16.4. The summed E-state index contributed by atoms with van der Waals surface area (Å²) in [6.07, 6.45) is 7.07. The number of aliphatic carboxylic acids is 1. The van der Waals surface area contributed by atoms with Crippen LogP contribution >= 0.6 is 0 Å². The number of pyridine rings is 1. The molecular weight excluding hydrogens is 446 g/mol. The van der Waals surface area contributed by atoms with Crippen molar-refractivity contribution >= 4 is 28.8 Å². The van der Waals surface area contributed by atoms with Crippen LogP contribution in [0.3, 0.4) is 0 Å². The normalized spacial score (nSPS) is 18.7. The molecule has 2 aliphatic rings. The molecule has 1 saturated heterocycles. The second kappa shape index (κ2) is 10.4. The summed E-state index contributed by atoms with van der Waals surface area (Å²) in [7, 11) is 0. The number of amides is 1. The zero-order chi connectivity index (χ0) is 24.2. The number of rotatable bonds is 9. The largest absolute Gasteiger partial charge is 0.480 e. The number of aryl methyl sites for hydroxylation is 2. The maximum atomic E-state index is 12.6. The summed E-state index contributed by atoms with van der Waals surface area (Å²) in [5.41, 5.74) is 3.96. The maximum absolute atomic E-state index is 12.6. The number of carbonyl (C=O) groups is 2. The Morgan fingerprint density at radius 3 is 3.09 bits per heavy atom. The van der Waals surface area contributed by atoms with E-state index < -0.39 is 17.9 Å². The van der Waals surface area contributed by atoms with Gasteiger partial charge < -0.3 is 25.1 Å². The first-order valence-electron chi connectivity index (χ1n) is 12.4. The second-order valence-corrected chi connectivity index (χ2v) is 9.52. The Bertz CT molecular complexity index is 1210. The van der Waals surface area contributed by atoms with E-state index in [1.165, 1.54) is 12.0 Å². The summed E-state index contributed by atoms with van der Waals surface area (Å²) < 4.78 is 5.19. The Morgan fingerprint density at radius 2 is 2.20 bits per heavy atom. The number of aromatic nitrogens is 2. The predicted octanol–water partition coefficient (Wildman–Crippen LogP) is 3.11. The van der Waals surface area contributed by atoms with Crippen LogP contribution < -0.4 is 10.6 Å². The second-order valence-electron chi connectivity index (χ2n) is 9.52. The molecule has 1 fully saturated rings. The lowest BCUT2D eigenvalue weighted by Crippen LogP contribution is -2.43. The minimum absolute atomic E-state index is 0.359. The van der Waals surface area contributed by atoms with Gasteiger partial charge in [0.2, 0.25) is 0 Å². The predicted molar refractivity (Wildman–Crippen MR) is 131 cm³/mol. The van der Waals surface area contributed by atoms with Crippen LogP contribution in [0.4, 0.5) is 5.82 Å². The molecule has 2 atom stereocenters. The van der Waals surface area contributed by atoms with Gasteiger partial charge in [-0.05, 0) is 80.8 Å². The Morgan fingerprint density at radius 1 is 1.29 bits per heavy atom. The van der Waals surface area contributed by atoms with Crippen molar-refractivity contribution in [1.29, 1.82) is 0 Å². The van der Waals surface area contributed by atoms with Crippen LogP contribution in [0.1, 0.15) is 47.3 Å². The quantitative estimate of drug-likeness (QED) is 0.430. The van der Waals surface area contributed by atoms with Crippen molar-refractivity contribution in [2.45, 2.75) is 44.6 Å². The zero-order valence-corrected chi connectivity index (χ0v) is 19.7. The van der Waals surface area contributed by atoms with E-state index in [1.54, 1.807) is 18.2 Å². The molecule has 2 aromatic heterocycles. The number of hydrogen-bond acceptors (Lipinski definition) is 7. The summed E-state index contributed by atoms with van der Waals surface area (Å²) in [4.78, 5) is 35.6. The molecule has 9 heteroatoms. The molecule has 3 aromatic rings. The van der Waals surface area contributed by atoms with Crippen molar-refractivity contribution in [1.82, 2.24) is 20.2 Å². The van der Waals surface area contributed by atoms with Crippen LogP contribution in [0.25, 0.3) is 11.1 Å². The van der Waals surface area contributed by atoms with Gasteiger partial charge in [-0.25, -0.2) is 14.8 Å². The monoisotopic (exact) mass is 477 g/mol. The third kappa shape index (κ3) is 5.62.